The summed E-state index contributed by atoms with van der Waals surface area (Å²) in [6.45, 7) is 3.26. The van der Waals surface area contributed by atoms with E-state index in [1.807, 2.05) is 31.0 Å². The van der Waals surface area contributed by atoms with Crippen LogP contribution in [-0.4, -0.2) is 69.5 Å². The van der Waals surface area contributed by atoms with E-state index in [2.05, 4.69) is 31.8 Å². The Kier molecular flexibility index (Phi) is 7.27. The smallest absolute Gasteiger partial charge is 0.226 e. The number of nitrogens with zero attached hydrogens (tertiary/aromatic N) is 6. The third-order valence-electron chi connectivity index (χ3n) is 6.58. The second-order valence-electron chi connectivity index (χ2n) is 9.08. The van der Waals surface area contributed by atoms with Gasteiger partial charge in [-0.1, -0.05) is 0 Å². The number of nitrogens with one attached hydrogen (secondary N) is 4. The molecule has 2 aromatic heterocycles. The number of H-pyrrole nitrogens is 1. The van der Waals surface area contributed by atoms with E-state index in [9.17, 15) is 0 Å². The fourth-order valence-corrected chi connectivity index (χ4v) is 4.99. The first-order valence-electron chi connectivity index (χ1n) is 11.7. The molecule has 4 rings (SSSR count). The summed E-state index contributed by atoms with van der Waals surface area (Å²) in [6.07, 6.45) is 7.66. The third kappa shape index (κ3) is 5.46. The topological polar surface area (TPSA) is 159 Å². The molecule has 3 atom stereocenters. The van der Waals surface area contributed by atoms with Crippen molar-refractivity contribution in [3.63, 3.8) is 0 Å². The van der Waals surface area contributed by atoms with E-state index in [0.29, 0.717) is 54.0 Å². The highest BCUT2D eigenvalue weighted by Gasteiger charge is 2.40. The Hall–Kier alpha value is -3.65. The van der Waals surface area contributed by atoms with Gasteiger partial charge in [-0.15, -0.1) is 0 Å². The zero-order chi connectivity index (χ0) is 24.1. The van der Waals surface area contributed by atoms with Crippen molar-refractivity contribution in [3.8, 4) is 6.07 Å². The molecule has 6 N–H and O–H groups in total. The Morgan fingerprint density at radius 2 is 2.09 bits per heavy atom. The van der Waals surface area contributed by atoms with Crippen LogP contribution in [-0.2, 0) is 0 Å². The monoisotopic (exact) mass is 463 g/mol. The van der Waals surface area contributed by atoms with Crippen molar-refractivity contribution in [2.75, 3.05) is 35.7 Å². The highest BCUT2D eigenvalue weighted by Crippen LogP contribution is 2.36. The van der Waals surface area contributed by atoms with E-state index < -0.39 is 0 Å². The number of aromatic nitrogens is 4. The van der Waals surface area contributed by atoms with Gasteiger partial charge >= 0.3 is 0 Å². The Balaban J connectivity index is 1.53. The zero-order valence-corrected chi connectivity index (χ0v) is 19.8. The quantitative estimate of drug-likeness (QED) is 0.334. The Morgan fingerprint density at radius 1 is 1.32 bits per heavy atom. The van der Waals surface area contributed by atoms with E-state index in [1.165, 1.54) is 25.3 Å². The minimum atomic E-state index is 0.276. The molecule has 2 bridgehead atoms. The molecule has 0 amide bonds. The highest BCUT2D eigenvalue weighted by molar-refractivity contribution is 5.77. The molecular formula is C23H33N11. The molecule has 0 spiro atoms. The number of aryl methyl sites for hydroxylation is 1. The molecular weight excluding hydrogens is 430 g/mol. The number of nitriles is 1. The summed E-state index contributed by atoms with van der Waals surface area (Å²) in [7, 11) is 1.91. The highest BCUT2D eigenvalue weighted by atomic mass is 15.3. The maximum atomic E-state index is 8.98. The SMILES string of the molecule is Cc1cc(Nc2cc(N(C)C/C(C=N)=C/N)nc(N[C@@H]3C[C@H]4CC[C@@H](C3)N4CCC#N)n2)n[nH]1. The first-order chi connectivity index (χ1) is 16.5. The van der Waals surface area contributed by atoms with Crippen LogP contribution >= 0.6 is 0 Å². The van der Waals surface area contributed by atoms with Crippen molar-refractivity contribution in [2.45, 2.75) is 57.2 Å². The molecule has 0 saturated carbocycles. The van der Waals surface area contributed by atoms with Crippen LogP contribution in [0.3, 0.4) is 0 Å². The molecule has 2 aliphatic rings. The normalized spacial score (nSPS) is 22.3. The molecule has 180 valence electrons. The van der Waals surface area contributed by atoms with Gasteiger partial charge in [-0.05, 0) is 32.6 Å². The zero-order valence-electron chi connectivity index (χ0n) is 19.8. The first kappa shape index (κ1) is 23.5. The second kappa shape index (κ2) is 10.5. The number of anilines is 4. The average molecular weight is 464 g/mol. The van der Waals surface area contributed by atoms with E-state index in [4.69, 9.17) is 26.4 Å². The van der Waals surface area contributed by atoms with E-state index in [0.717, 1.165) is 25.1 Å². The van der Waals surface area contributed by atoms with Gasteiger partial charge in [0.05, 0.1) is 6.07 Å². The maximum Gasteiger partial charge on any atom is 0.226 e. The van der Waals surface area contributed by atoms with Crippen molar-refractivity contribution in [2.24, 2.45) is 5.73 Å². The van der Waals surface area contributed by atoms with Crippen LogP contribution in [0, 0.1) is 23.7 Å². The molecule has 0 unspecified atom stereocenters. The van der Waals surface area contributed by atoms with Crippen LogP contribution in [0.2, 0.25) is 0 Å². The lowest BCUT2D eigenvalue weighted by Gasteiger charge is -2.38. The molecule has 2 fully saturated rings. The molecule has 2 aliphatic heterocycles. The second-order valence-corrected chi connectivity index (χ2v) is 9.08. The van der Waals surface area contributed by atoms with Crippen molar-refractivity contribution in [3.05, 3.63) is 29.6 Å². The molecule has 11 heteroatoms. The molecule has 0 radical (unpaired) electrons. The van der Waals surface area contributed by atoms with Crippen molar-refractivity contribution >= 4 is 29.6 Å². The van der Waals surface area contributed by atoms with Crippen LogP contribution in [0.5, 0.6) is 0 Å². The van der Waals surface area contributed by atoms with Gasteiger partial charge in [0.25, 0.3) is 0 Å². The number of piperidine rings is 1. The molecule has 0 aromatic carbocycles. The van der Waals surface area contributed by atoms with Gasteiger partial charge in [-0.3, -0.25) is 10.00 Å². The number of likely N-dealkylation sites (N-methyl/N-ethyl adjacent to an activating group) is 1. The van der Waals surface area contributed by atoms with Crippen LogP contribution < -0.4 is 21.3 Å². The number of hydrogen-bond donors (Lipinski definition) is 5. The number of rotatable bonds is 10. The van der Waals surface area contributed by atoms with Gasteiger partial charge in [0.15, 0.2) is 5.82 Å². The van der Waals surface area contributed by atoms with Gasteiger partial charge in [0, 0.05) is 80.5 Å². The summed E-state index contributed by atoms with van der Waals surface area (Å²) in [5, 5.41) is 30.5. The van der Waals surface area contributed by atoms with Crippen molar-refractivity contribution < 1.29 is 0 Å². The van der Waals surface area contributed by atoms with Crippen molar-refractivity contribution in [1.29, 1.82) is 10.7 Å². The summed E-state index contributed by atoms with van der Waals surface area (Å²) in [4.78, 5) is 13.9. The minimum Gasteiger partial charge on any atom is -0.404 e. The summed E-state index contributed by atoms with van der Waals surface area (Å²) < 4.78 is 0. The number of aromatic amines is 1. The molecule has 4 heterocycles. The third-order valence-corrected chi connectivity index (χ3v) is 6.58. The lowest BCUT2D eigenvalue weighted by molar-refractivity contribution is 0.135. The van der Waals surface area contributed by atoms with Gasteiger partial charge in [0.2, 0.25) is 5.95 Å². The van der Waals surface area contributed by atoms with Crippen molar-refractivity contribution in [1.82, 2.24) is 25.1 Å². The van der Waals surface area contributed by atoms with Crippen LogP contribution in [0.25, 0.3) is 0 Å². The van der Waals surface area contributed by atoms with Crippen LogP contribution in [0.1, 0.15) is 37.8 Å². The number of fused-ring (bicyclic) bond motifs is 2. The maximum absolute atomic E-state index is 8.98. The van der Waals surface area contributed by atoms with Gasteiger partial charge in [-0.2, -0.15) is 20.3 Å². The summed E-state index contributed by atoms with van der Waals surface area (Å²) in [6, 6.07) is 7.34. The summed E-state index contributed by atoms with van der Waals surface area (Å²) >= 11 is 0. The molecule has 2 saturated heterocycles. The van der Waals surface area contributed by atoms with E-state index >= 15 is 0 Å². The number of hydrogen-bond acceptors (Lipinski definition) is 10. The Bertz CT molecular complexity index is 1060. The van der Waals surface area contributed by atoms with Gasteiger partial charge < -0.3 is 26.7 Å². The van der Waals surface area contributed by atoms with Crippen LogP contribution in [0.4, 0.5) is 23.4 Å². The molecule has 0 aliphatic carbocycles. The fourth-order valence-electron chi connectivity index (χ4n) is 4.99. The lowest BCUT2D eigenvalue weighted by atomic mass is 9.97. The molecule has 34 heavy (non-hydrogen) atoms. The Morgan fingerprint density at radius 3 is 2.71 bits per heavy atom. The predicted octanol–water partition coefficient (Wildman–Crippen LogP) is 2.50. The van der Waals surface area contributed by atoms with E-state index in [1.54, 1.807) is 0 Å². The number of nitrogens with two attached hydrogens (primary N) is 1. The standard InChI is InChI=1S/C23H33N11/c1-15-8-21(32-31-15)28-20-11-22(33(2)14-16(12-25)13-26)30-23(29-20)27-17-9-18-4-5-19(10-17)34(18)7-3-6-24/h8,11-13,17-19,25H,3-5,7,9-10,14,26H2,1-2H3,(H3,27,28,29,30,31,32)/b16-13+,25-12?/t17-,18-,19+. The minimum absolute atomic E-state index is 0.276. The fraction of sp³-hybridized carbons (Fsp3) is 0.522. The van der Waals surface area contributed by atoms with Crippen LogP contribution in [0.15, 0.2) is 23.9 Å². The largest absolute Gasteiger partial charge is 0.404 e. The molecule has 2 aromatic rings. The van der Waals surface area contributed by atoms with Gasteiger partial charge in [0.1, 0.15) is 11.6 Å². The lowest BCUT2D eigenvalue weighted by Crippen LogP contribution is -2.47. The Labute approximate surface area is 200 Å². The van der Waals surface area contributed by atoms with Gasteiger partial charge in [-0.25, -0.2) is 0 Å². The summed E-state index contributed by atoms with van der Waals surface area (Å²) in [5.41, 5.74) is 7.28. The molecule has 11 nitrogen and oxygen atoms in total. The predicted molar refractivity (Wildman–Crippen MR) is 133 cm³/mol. The van der Waals surface area contributed by atoms with E-state index in [-0.39, 0.29) is 6.04 Å². The average Bonchev–Trinajstić information content (AvgIpc) is 3.34. The first-order valence-corrected chi connectivity index (χ1v) is 11.7. The summed E-state index contributed by atoms with van der Waals surface area (Å²) in [5.74, 6) is 2.58.